The number of hydrogen-bond acceptors (Lipinski definition) is 5. The molecule has 3 heterocycles. The number of aliphatic imine (C=N–C) groups is 2. The third-order valence-corrected chi connectivity index (χ3v) is 14.5. The largest absolute Gasteiger partial charge is 0.325 e. The fraction of sp³-hybridized carbons (Fsp3) is 0.109. The van der Waals surface area contributed by atoms with Crippen LogP contribution >= 0.6 is 11.8 Å². The number of allylic oxidation sites excluding steroid dienone is 6. The fourth-order valence-corrected chi connectivity index (χ4v) is 12.1. The predicted molar refractivity (Wildman–Crippen MR) is 248 cm³/mol. The molecule has 2 aliphatic heterocycles. The molecule has 60 heavy (non-hydrogen) atoms. The molecule has 3 aliphatic carbocycles. The van der Waals surface area contributed by atoms with Crippen LogP contribution in [0.5, 0.6) is 0 Å². The average Bonchev–Trinajstić information content (AvgIpc) is 3.62. The van der Waals surface area contributed by atoms with Crippen molar-refractivity contribution in [2.45, 2.75) is 28.1 Å². The van der Waals surface area contributed by atoms with Gasteiger partial charge >= 0.3 is 0 Å². The van der Waals surface area contributed by atoms with Gasteiger partial charge in [-0.1, -0.05) is 182 Å². The number of rotatable bonds is 5. The summed E-state index contributed by atoms with van der Waals surface area (Å²) in [7, 11) is 0. The van der Waals surface area contributed by atoms with Gasteiger partial charge < -0.3 is 5.32 Å². The van der Waals surface area contributed by atoms with E-state index in [0.29, 0.717) is 0 Å². The summed E-state index contributed by atoms with van der Waals surface area (Å²) in [6.07, 6.45) is 18.4. The lowest BCUT2D eigenvalue weighted by atomic mass is 9.60. The van der Waals surface area contributed by atoms with E-state index in [1.807, 2.05) is 24.0 Å². The molecule has 1 spiro atoms. The van der Waals surface area contributed by atoms with E-state index in [0.717, 1.165) is 34.6 Å². The Balaban J connectivity index is 1.03. The third-order valence-electron chi connectivity index (χ3n) is 13.0. The zero-order valence-corrected chi connectivity index (χ0v) is 33.6. The molecule has 4 nitrogen and oxygen atoms in total. The van der Waals surface area contributed by atoms with Gasteiger partial charge in [-0.05, 0) is 68.6 Å². The molecule has 5 heteroatoms. The summed E-state index contributed by atoms with van der Waals surface area (Å²) >= 11 is 2.00. The lowest BCUT2D eigenvalue weighted by Gasteiger charge is -2.49. The van der Waals surface area contributed by atoms with Crippen LogP contribution in [0.25, 0.3) is 44.3 Å². The van der Waals surface area contributed by atoms with E-state index in [9.17, 15) is 0 Å². The highest BCUT2D eigenvalue weighted by molar-refractivity contribution is 8.00. The highest BCUT2D eigenvalue weighted by Gasteiger charge is 2.57. The van der Waals surface area contributed by atoms with Gasteiger partial charge in [0, 0.05) is 44.7 Å². The molecule has 0 bridgehead atoms. The lowest BCUT2D eigenvalue weighted by molar-refractivity contribution is 0.445. The van der Waals surface area contributed by atoms with Gasteiger partial charge in [0.1, 0.15) is 11.7 Å². The maximum atomic E-state index is 5.51. The second-order valence-electron chi connectivity index (χ2n) is 16.2. The van der Waals surface area contributed by atoms with Crippen LogP contribution in [0, 0.1) is 11.8 Å². The van der Waals surface area contributed by atoms with E-state index in [-0.39, 0.29) is 23.3 Å². The molecule has 0 amide bonds. The molecule has 4 unspecified atom stereocenters. The molecule has 0 fully saturated rings. The zero-order valence-electron chi connectivity index (χ0n) is 32.8. The third kappa shape index (κ3) is 5.42. The molecule has 12 rings (SSSR count). The highest BCUT2D eigenvalue weighted by atomic mass is 32.2. The summed E-state index contributed by atoms with van der Waals surface area (Å²) in [6, 6.07) is 55.5. The standard InChI is InChI=1S/C55H40N4S/c1-3-15-37(16-4-1)52-57-53(38-17-5-2-6-18-38)59-54(58-52)44-23-12-28-48-51(44)60-50-40(36-32-30-35(31-33-36)39-21-13-29-49-43(39)24-14-34-56-49)22-11-27-47(50)55(48)45-25-9-7-19-41(45)42-20-8-10-26-46(42)55/h1-17,19-34,38,48,51,53H,18H2,(H,57,58,59). The average molecular weight is 789 g/mol. The van der Waals surface area contributed by atoms with Crippen LogP contribution < -0.4 is 5.32 Å². The number of amidine groups is 2. The zero-order chi connectivity index (χ0) is 39.6. The van der Waals surface area contributed by atoms with Crippen molar-refractivity contribution in [1.29, 1.82) is 0 Å². The van der Waals surface area contributed by atoms with Gasteiger partial charge in [-0.15, -0.1) is 11.8 Å². The summed E-state index contributed by atoms with van der Waals surface area (Å²) in [6.45, 7) is 0. The van der Waals surface area contributed by atoms with Gasteiger partial charge in [0.25, 0.3) is 0 Å². The summed E-state index contributed by atoms with van der Waals surface area (Å²) in [5.41, 5.74) is 14.4. The van der Waals surface area contributed by atoms with Crippen LogP contribution in [0.1, 0.15) is 28.7 Å². The van der Waals surface area contributed by atoms with Crippen LogP contribution in [-0.4, -0.2) is 28.1 Å². The number of nitrogens with one attached hydrogen (secondary N) is 1. The van der Waals surface area contributed by atoms with Gasteiger partial charge in [-0.3, -0.25) is 4.98 Å². The molecule has 7 aromatic rings. The van der Waals surface area contributed by atoms with Gasteiger partial charge in [0.2, 0.25) is 0 Å². The Morgan fingerprint density at radius 2 is 1.23 bits per heavy atom. The minimum absolute atomic E-state index is 0.0501. The first-order valence-electron chi connectivity index (χ1n) is 20.9. The van der Waals surface area contributed by atoms with E-state index in [2.05, 4.69) is 198 Å². The summed E-state index contributed by atoms with van der Waals surface area (Å²) in [5.74, 6) is 2.07. The maximum absolute atomic E-state index is 5.51. The van der Waals surface area contributed by atoms with Crippen molar-refractivity contribution < 1.29 is 0 Å². The maximum Gasteiger partial charge on any atom is 0.150 e. The second-order valence-corrected chi connectivity index (χ2v) is 17.3. The monoisotopic (exact) mass is 788 g/mol. The first kappa shape index (κ1) is 35.2. The van der Waals surface area contributed by atoms with Crippen LogP contribution in [0.4, 0.5) is 0 Å². The van der Waals surface area contributed by atoms with E-state index >= 15 is 0 Å². The summed E-state index contributed by atoms with van der Waals surface area (Å²) in [5, 5.41) is 5.01. The number of aromatic nitrogens is 1. The molecule has 1 aromatic heterocycles. The number of pyridine rings is 1. The fourth-order valence-electron chi connectivity index (χ4n) is 10.4. The SMILES string of the molecule is C1=CCC(C2N=C(C3=CC=CC4C3Sc3c(-c5ccc(-c6cccc7ncccc67)cc5)cccc3C43c4ccccc4-c4ccccc43)NC(c3ccccc3)=N2)C=C1. The quantitative estimate of drug-likeness (QED) is 0.189. The second kappa shape index (κ2) is 14.2. The Bertz CT molecular complexity index is 2990. The Labute approximate surface area is 354 Å². The van der Waals surface area contributed by atoms with E-state index < -0.39 is 5.41 Å². The van der Waals surface area contributed by atoms with Crippen molar-refractivity contribution >= 4 is 34.3 Å². The van der Waals surface area contributed by atoms with Crippen LogP contribution in [0.15, 0.2) is 221 Å². The van der Waals surface area contributed by atoms with Crippen LogP contribution in [0.2, 0.25) is 0 Å². The van der Waals surface area contributed by atoms with Crippen molar-refractivity contribution in [3.63, 3.8) is 0 Å². The molecule has 4 atom stereocenters. The van der Waals surface area contributed by atoms with Crippen molar-refractivity contribution in [1.82, 2.24) is 10.3 Å². The predicted octanol–water partition coefficient (Wildman–Crippen LogP) is 12.4. The summed E-state index contributed by atoms with van der Waals surface area (Å²) < 4.78 is 0. The van der Waals surface area contributed by atoms with Crippen LogP contribution in [0.3, 0.4) is 0 Å². The number of hydrogen-bond donors (Lipinski definition) is 1. The van der Waals surface area contributed by atoms with Crippen LogP contribution in [-0.2, 0) is 5.41 Å². The number of thioether (sulfide) groups is 1. The van der Waals surface area contributed by atoms with Gasteiger partial charge in [0.05, 0.1) is 10.9 Å². The Hall–Kier alpha value is -6.82. The summed E-state index contributed by atoms with van der Waals surface area (Å²) in [4.78, 5) is 16.7. The number of fused-ring (bicyclic) bond motifs is 10. The molecular weight excluding hydrogens is 749 g/mol. The number of nitrogens with zero attached hydrogens (tertiary/aromatic N) is 3. The first-order chi connectivity index (χ1) is 29.8. The molecule has 1 N–H and O–H groups in total. The Morgan fingerprint density at radius 1 is 0.550 bits per heavy atom. The normalized spacial score (nSPS) is 21.6. The van der Waals surface area contributed by atoms with Gasteiger partial charge in [-0.25, -0.2) is 9.98 Å². The molecule has 0 saturated heterocycles. The first-order valence-corrected chi connectivity index (χ1v) is 21.8. The molecule has 286 valence electrons. The van der Waals surface area contributed by atoms with Crippen molar-refractivity contribution in [2.24, 2.45) is 21.8 Å². The smallest absolute Gasteiger partial charge is 0.150 e. The van der Waals surface area contributed by atoms with E-state index in [1.54, 1.807) is 0 Å². The Morgan fingerprint density at radius 3 is 2.02 bits per heavy atom. The van der Waals surface area contributed by atoms with Gasteiger partial charge in [-0.2, -0.15) is 0 Å². The Kier molecular flexibility index (Phi) is 8.31. The van der Waals surface area contributed by atoms with E-state index in [4.69, 9.17) is 9.98 Å². The molecule has 0 radical (unpaired) electrons. The molecule has 6 aromatic carbocycles. The van der Waals surface area contributed by atoms with E-state index in [1.165, 1.54) is 60.5 Å². The highest BCUT2D eigenvalue weighted by Crippen LogP contribution is 2.65. The molecule has 5 aliphatic rings. The van der Waals surface area contributed by atoms with Crippen molar-refractivity contribution in [3.8, 4) is 33.4 Å². The molecular formula is C55H40N4S. The topological polar surface area (TPSA) is 49.6 Å². The lowest BCUT2D eigenvalue weighted by Crippen LogP contribution is -2.49. The van der Waals surface area contributed by atoms with Gasteiger partial charge in [0.15, 0.2) is 6.17 Å². The molecule has 0 saturated carbocycles. The van der Waals surface area contributed by atoms with Crippen molar-refractivity contribution in [3.05, 3.63) is 228 Å². The minimum atomic E-state index is -0.428. The number of benzene rings is 6. The van der Waals surface area contributed by atoms with Crippen molar-refractivity contribution in [2.75, 3.05) is 0 Å². The minimum Gasteiger partial charge on any atom is -0.325 e.